The molecule has 1 aromatic carbocycles. The molecular weight excluding hydrogens is 342 g/mol. The number of thioether (sulfide) groups is 1. The summed E-state index contributed by atoms with van der Waals surface area (Å²) in [7, 11) is 0. The second kappa shape index (κ2) is 8.89. The second-order valence-corrected chi connectivity index (χ2v) is 7.53. The highest BCUT2D eigenvalue weighted by Crippen LogP contribution is 2.18. The number of anilines is 1. The molecule has 1 amide bonds. The third-order valence-corrected chi connectivity index (χ3v) is 5.38. The average molecular weight is 364 g/mol. The van der Waals surface area contributed by atoms with Gasteiger partial charge >= 0.3 is 5.97 Å². The largest absolute Gasteiger partial charge is 0.452 e. The molecule has 1 atom stereocenters. The molecule has 4 nitrogen and oxygen atoms in total. The van der Waals surface area contributed by atoms with Crippen LogP contribution in [-0.2, 0) is 20.1 Å². The zero-order valence-corrected chi connectivity index (χ0v) is 15.6. The number of carbonyl (C=O) groups excluding carboxylic acids is 2. The van der Waals surface area contributed by atoms with Crippen LogP contribution in [0.5, 0.6) is 0 Å². The molecule has 1 aromatic heterocycles. The van der Waals surface area contributed by atoms with Crippen molar-refractivity contribution in [1.29, 1.82) is 0 Å². The Morgan fingerprint density at radius 2 is 2.08 bits per heavy atom. The molecule has 0 bridgehead atoms. The molecule has 0 saturated carbocycles. The number of amides is 1. The number of hydrogen-bond donors (Lipinski definition) is 1. The number of ether oxygens (including phenoxy) is 1. The summed E-state index contributed by atoms with van der Waals surface area (Å²) in [6.07, 6.45) is -0.819. The van der Waals surface area contributed by atoms with Gasteiger partial charge in [-0.25, -0.2) is 0 Å². The van der Waals surface area contributed by atoms with Crippen molar-refractivity contribution in [3.63, 3.8) is 0 Å². The molecule has 1 heterocycles. The van der Waals surface area contributed by atoms with E-state index in [2.05, 4.69) is 5.32 Å². The van der Waals surface area contributed by atoms with Crippen LogP contribution in [0.4, 0.5) is 5.69 Å². The Kier molecular flexibility index (Phi) is 6.87. The highest BCUT2D eigenvalue weighted by atomic mass is 32.2. The minimum absolute atomic E-state index is 0.235. The highest BCUT2D eigenvalue weighted by Gasteiger charge is 2.18. The van der Waals surface area contributed by atoms with Crippen molar-refractivity contribution in [3.05, 3.63) is 51.7 Å². The standard InChI is InChI=1S/C18H21NO3S2/c1-12-6-7-16(13(2)9-12)19-18(21)14(3)22-17(20)11-23-10-15-5-4-8-24-15/h4-9,14H,10-11H2,1-3H3,(H,19,21)/t14-/m0/s1. The molecular formula is C18H21NO3S2. The first kappa shape index (κ1) is 18.5. The lowest BCUT2D eigenvalue weighted by Crippen LogP contribution is -2.30. The SMILES string of the molecule is Cc1ccc(NC(=O)[C@H](C)OC(=O)CSCc2cccs2)c(C)c1. The molecule has 128 valence electrons. The molecule has 24 heavy (non-hydrogen) atoms. The maximum Gasteiger partial charge on any atom is 0.316 e. The van der Waals surface area contributed by atoms with Crippen LogP contribution in [0.25, 0.3) is 0 Å². The monoisotopic (exact) mass is 363 g/mol. The number of rotatable bonds is 7. The van der Waals surface area contributed by atoms with Crippen LogP contribution in [0.15, 0.2) is 35.7 Å². The van der Waals surface area contributed by atoms with E-state index in [1.165, 1.54) is 16.6 Å². The zero-order valence-electron chi connectivity index (χ0n) is 14.0. The third kappa shape index (κ3) is 5.69. The fraction of sp³-hybridized carbons (Fsp3) is 0.333. The van der Waals surface area contributed by atoms with Gasteiger partial charge in [-0.2, -0.15) is 0 Å². The molecule has 0 unspecified atom stereocenters. The van der Waals surface area contributed by atoms with E-state index in [4.69, 9.17) is 4.74 Å². The number of nitrogens with one attached hydrogen (secondary N) is 1. The number of benzene rings is 1. The molecule has 0 aliphatic carbocycles. The van der Waals surface area contributed by atoms with Gasteiger partial charge in [0.15, 0.2) is 6.10 Å². The van der Waals surface area contributed by atoms with Gasteiger partial charge in [-0.15, -0.1) is 23.1 Å². The van der Waals surface area contributed by atoms with Crippen molar-refractivity contribution in [1.82, 2.24) is 0 Å². The van der Waals surface area contributed by atoms with Gasteiger partial charge < -0.3 is 10.1 Å². The van der Waals surface area contributed by atoms with E-state index in [9.17, 15) is 9.59 Å². The number of thiophene rings is 1. The van der Waals surface area contributed by atoms with Crippen molar-refractivity contribution in [2.75, 3.05) is 11.1 Å². The Bertz CT molecular complexity index is 698. The quantitative estimate of drug-likeness (QED) is 0.750. The number of carbonyl (C=O) groups is 2. The van der Waals surface area contributed by atoms with Gasteiger partial charge in [0.2, 0.25) is 0 Å². The third-order valence-electron chi connectivity index (χ3n) is 3.36. The molecule has 2 rings (SSSR count). The maximum absolute atomic E-state index is 12.2. The molecule has 2 aromatic rings. The van der Waals surface area contributed by atoms with Crippen molar-refractivity contribution < 1.29 is 14.3 Å². The summed E-state index contributed by atoms with van der Waals surface area (Å²) in [5.41, 5.74) is 2.85. The molecule has 0 fully saturated rings. The lowest BCUT2D eigenvalue weighted by Gasteiger charge is -2.15. The van der Waals surface area contributed by atoms with Crippen LogP contribution >= 0.6 is 23.1 Å². The van der Waals surface area contributed by atoms with E-state index >= 15 is 0 Å². The summed E-state index contributed by atoms with van der Waals surface area (Å²) >= 11 is 3.14. The van der Waals surface area contributed by atoms with Crippen LogP contribution < -0.4 is 5.32 Å². The van der Waals surface area contributed by atoms with Crippen molar-refractivity contribution in [3.8, 4) is 0 Å². The Labute approximate surface area is 150 Å². The summed E-state index contributed by atoms with van der Waals surface area (Å²) in [6.45, 7) is 5.51. The van der Waals surface area contributed by atoms with E-state index in [1.54, 1.807) is 18.3 Å². The van der Waals surface area contributed by atoms with Crippen molar-refractivity contribution in [2.45, 2.75) is 32.6 Å². The lowest BCUT2D eigenvalue weighted by atomic mass is 10.1. The molecule has 0 aliphatic heterocycles. The minimum Gasteiger partial charge on any atom is -0.452 e. The zero-order chi connectivity index (χ0) is 17.5. The maximum atomic E-state index is 12.2. The molecule has 1 N–H and O–H groups in total. The molecule has 0 radical (unpaired) electrons. The molecule has 6 heteroatoms. The van der Waals surface area contributed by atoms with Gasteiger partial charge in [0, 0.05) is 16.3 Å². The first-order valence-corrected chi connectivity index (χ1v) is 9.67. The van der Waals surface area contributed by atoms with Gasteiger partial charge in [-0.3, -0.25) is 9.59 Å². The van der Waals surface area contributed by atoms with Crippen LogP contribution in [0.2, 0.25) is 0 Å². The van der Waals surface area contributed by atoms with E-state index in [-0.39, 0.29) is 17.6 Å². The smallest absolute Gasteiger partial charge is 0.316 e. The summed E-state index contributed by atoms with van der Waals surface area (Å²) in [6, 6.07) is 9.79. The molecule has 0 spiro atoms. The van der Waals surface area contributed by atoms with Crippen molar-refractivity contribution in [2.24, 2.45) is 0 Å². The first-order chi connectivity index (χ1) is 11.5. The minimum atomic E-state index is -0.819. The topological polar surface area (TPSA) is 55.4 Å². The van der Waals surface area contributed by atoms with E-state index < -0.39 is 6.10 Å². The summed E-state index contributed by atoms with van der Waals surface area (Å²) in [5.74, 6) is 0.313. The van der Waals surface area contributed by atoms with E-state index in [1.807, 2.05) is 49.6 Å². The van der Waals surface area contributed by atoms with Crippen LogP contribution in [0, 0.1) is 13.8 Å². The number of esters is 1. The predicted molar refractivity (Wildman–Crippen MR) is 101 cm³/mol. The fourth-order valence-electron chi connectivity index (χ4n) is 2.10. The predicted octanol–water partition coefficient (Wildman–Crippen LogP) is 4.17. The summed E-state index contributed by atoms with van der Waals surface area (Å²) in [5, 5.41) is 4.81. The first-order valence-electron chi connectivity index (χ1n) is 7.63. The van der Waals surface area contributed by atoms with Crippen LogP contribution in [0.3, 0.4) is 0 Å². The van der Waals surface area contributed by atoms with Gasteiger partial charge in [0.25, 0.3) is 5.91 Å². The molecule has 0 aliphatic rings. The molecule has 0 saturated heterocycles. The van der Waals surface area contributed by atoms with Crippen LogP contribution in [-0.4, -0.2) is 23.7 Å². The normalized spacial score (nSPS) is 11.8. The van der Waals surface area contributed by atoms with Gasteiger partial charge in [0.1, 0.15) is 0 Å². The van der Waals surface area contributed by atoms with Gasteiger partial charge in [-0.05, 0) is 43.8 Å². The van der Waals surface area contributed by atoms with Gasteiger partial charge in [-0.1, -0.05) is 23.8 Å². The summed E-state index contributed by atoms with van der Waals surface area (Å²) in [4.78, 5) is 25.2. The van der Waals surface area contributed by atoms with E-state index in [0.717, 1.165) is 22.6 Å². The Balaban J connectivity index is 1.76. The Morgan fingerprint density at radius 3 is 2.75 bits per heavy atom. The number of aryl methyl sites for hydroxylation is 2. The van der Waals surface area contributed by atoms with E-state index in [0.29, 0.717) is 0 Å². The summed E-state index contributed by atoms with van der Waals surface area (Å²) < 4.78 is 5.20. The average Bonchev–Trinajstić information content (AvgIpc) is 3.03. The van der Waals surface area contributed by atoms with Crippen LogP contribution in [0.1, 0.15) is 22.9 Å². The Morgan fingerprint density at radius 1 is 1.29 bits per heavy atom. The van der Waals surface area contributed by atoms with Crippen molar-refractivity contribution >= 4 is 40.7 Å². The lowest BCUT2D eigenvalue weighted by molar-refractivity contribution is -0.150. The highest BCUT2D eigenvalue weighted by molar-refractivity contribution is 7.99. The second-order valence-electron chi connectivity index (χ2n) is 5.51. The fourth-order valence-corrected chi connectivity index (χ4v) is 3.75. The Hall–Kier alpha value is -1.79. The van der Waals surface area contributed by atoms with Gasteiger partial charge in [0.05, 0.1) is 5.75 Å². The number of hydrogen-bond acceptors (Lipinski definition) is 5.